The molecule has 43 heavy (non-hydrogen) atoms. The topological polar surface area (TPSA) is 18.5 Å². The van der Waals surface area contributed by atoms with Crippen molar-refractivity contribution in [3.05, 3.63) is 123 Å². The van der Waals surface area contributed by atoms with Crippen molar-refractivity contribution in [2.45, 2.75) is 5.82 Å². The lowest BCUT2D eigenvalue weighted by atomic mass is 9.68. The van der Waals surface area contributed by atoms with Crippen LogP contribution in [0.4, 0.5) is 57.1 Å². The summed E-state index contributed by atoms with van der Waals surface area (Å²) in [5, 5.41) is 0. The molecule has 1 unspecified atom stereocenters. The Kier molecular flexibility index (Phi) is 7.56. The van der Waals surface area contributed by atoms with E-state index >= 15 is 13.2 Å². The second kappa shape index (κ2) is 10.9. The zero-order valence-electron chi connectivity index (χ0n) is 20.4. The summed E-state index contributed by atoms with van der Waals surface area (Å²) in [7, 11) is -2.65. The van der Waals surface area contributed by atoms with Crippen molar-refractivity contribution in [3.8, 4) is 22.6 Å². The minimum absolute atomic E-state index is 0.349. The lowest BCUT2D eigenvalue weighted by Gasteiger charge is -2.24. The summed E-state index contributed by atoms with van der Waals surface area (Å²) in [5.74, 6) is -37.1. The molecule has 0 N–H and O–H groups in total. The summed E-state index contributed by atoms with van der Waals surface area (Å²) in [4.78, 5) is 0. The van der Waals surface area contributed by atoms with Gasteiger partial charge in [0, 0.05) is 0 Å². The van der Waals surface area contributed by atoms with Crippen molar-refractivity contribution in [3.63, 3.8) is 0 Å². The maximum absolute atomic E-state index is 15.3. The van der Waals surface area contributed by atoms with Crippen LogP contribution >= 0.6 is 0 Å². The van der Waals surface area contributed by atoms with Gasteiger partial charge in [-0.1, -0.05) is 24.3 Å². The van der Waals surface area contributed by atoms with Gasteiger partial charge in [0.2, 0.25) is 17.5 Å². The molecule has 0 amide bonds. The predicted molar refractivity (Wildman–Crippen MR) is 123 cm³/mol. The molecule has 0 saturated carbocycles. The maximum Gasteiger partial charge on any atom is 0.610 e. The van der Waals surface area contributed by atoms with Gasteiger partial charge in [-0.3, -0.25) is 0 Å². The third-order valence-electron chi connectivity index (χ3n) is 6.35. The lowest BCUT2D eigenvalue weighted by Crippen LogP contribution is -2.38. The van der Waals surface area contributed by atoms with Crippen molar-refractivity contribution < 1.29 is 66.4 Å². The first-order chi connectivity index (χ1) is 20.3. The molecule has 222 valence electrons. The number of halogens is 13. The van der Waals surface area contributed by atoms with E-state index in [-0.39, 0.29) is 5.75 Å². The van der Waals surface area contributed by atoms with Crippen LogP contribution in [0.1, 0.15) is 16.9 Å². The number of benzene rings is 4. The number of hydrogen-bond acceptors (Lipinski definition) is 2. The van der Waals surface area contributed by atoms with Gasteiger partial charge in [0.25, 0.3) is 0 Å². The molecule has 4 aromatic carbocycles. The molecule has 4 aromatic rings. The molecule has 0 bridgehead atoms. The van der Waals surface area contributed by atoms with Crippen LogP contribution in [0.25, 0.3) is 17.0 Å². The molecule has 0 fully saturated rings. The van der Waals surface area contributed by atoms with E-state index in [0.29, 0.717) is 12.1 Å². The highest BCUT2D eigenvalue weighted by Gasteiger charge is 2.49. The molecular weight excluding hydrogens is 614 g/mol. The Hall–Kier alpha value is -4.63. The Bertz CT molecular complexity index is 1800. The Morgan fingerprint density at radius 3 is 1.56 bits per heavy atom. The van der Waals surface area contributed by atoms with E-state index in [1.54, 1.807) is 0 Å². The van der Waals surface area contributed by atoms with Gasteiger partial charge < -0.3 is 9.31 Å². The molecule has 0 aromatic heterocycles. The fraction of sp³-hybridized carbons (Fsp3) is 0.0370. The largest absolute Gasteiger partial charge is 0.610 e. The molecule has 0 saturated heterocycles. The number of hydrogen-bond donors (Lipinski definition) is 0. The van der Waals surface area contributed by atoms with Gasteiger partial charge in [-0.2, -0.15) is 4.39 Å². The first-order valence-corrected chi connectivity index (χ1v) is 11.6. The van der Waals surface area contributed by atoms with E-state index in [0.717, 1.165) is 12.1 Å². The number of fused-ring (bicyclic) bond motifs is 1. The van der Waals surface area contributed by atoms with Crippen LogP contribution in [0, 0.1) is 64.0 Å². The zero-order valence-corrected chi connectivity index (χ0v) is 20.4. The number of rotatable bonds is 6. The van der Waals surface area contributed by atoms with Crippen LogP contribution in [-0.2, 0) is 0 Å². The minimum atomic E-state index is -2.79. The Morgan fingerprint density at radius 2 is 0.977 bits per heavy atom. The molecule has 0 radical (unpaired) electrons. The first kappa shape index (κ1) is 29.9. The molecule has 1 aliphatic carbocycles. The van der Waals surface area contributed by atoms with E-state index in [4.69, 9.17) is 9.31 Å². The summed E-state index contributed by atoms with van der Waals surface area (Å²) in [6.07, 6.45) is 0. The van der Waals surface area contributed by atoms with Crippen LogP contribution in [-0.4, -0.2) is 7.12 Å². The highest BCUT2D eigenvalue weighted by atomic mass is 19.2. The van der Waals surface area contributed by atoms with Crippen molar-refractivity contribution in [1.29, 1.82) is 0 Å². The zero-order chi connectivity index (χ0) is 31.5. The maximum atomic E-state index is 15.3. The van der Waals surface area contributed by atoms with Gasteiger partial charge in [-0.15, -0.1) is 0 Å². The van der Waals surface area contributed by atoms with Crippen LogP contribution < -0.4 is 9.31 Å². The van der Waals surface area contributed by atoms with Crippen molar-refractivity contribution in [2.75, 3.05) is 0 Å². The van der Waals surface area contributed by atoms with Gasteiger partial charge >= 0.3 is 7.12 Å². The highest BCUT2D eigenvalue weighted by molar-refractivity contribution is 6.50. The third kappa shape index (κ3) is 4.64. The monoisotopic (exact) mass is 622 g/mol. The van der Waals surface area contributed by atoms with Gasteiger partial charge in [-0.25, -0.2) is 52.7 Å². The molecule has 1 atom stereocenters. The summed E-state index contributed by atoms with van der Waals surface area (Å²) < 4.78 is 198. The predicted octanol–water partition coefficient (Wildman–Crippen LogP) is 8.77. The van der Waals surface area contributed by atoms with Gasteiger partial charge in [-0.05, 0) is 23.8 Å². The number of para-hydroxylation sites is 1. The molecule has 0 heterocycles. The molecular formula is C27H8BF13O2. The Labute approximate surface area is 231 Å². The van der Waals surface area contributed by atoms with Gasteiger partial charge in [0.05, 0.1) is 16.7 Å². The third-order valence-corrected chi connectivity index (χ3v) is 6.35. The Morgan fingerprint density at radius 1 is 0.465 bits per heavy atom. The van der Waals surface area contributed by atoms with E-state index in [9.17, 15) is 43.9 Å². The van der Waals surface area contributed by atoms with E-state index in [1.807, 2.05) is 0 Å². The van der Waals surface area contributed by atoms with Crippen LogP contribution in [0.5, 0.6) is 11.5 Å². The summed E-state index contributed by atoms with van der Waals surface area (Å²) >= 11 is 0. The molecule has 16 heteroatoms. The molecule has 2 nitrogen and oxygen atoms in total. The molecule has 1 aliphatic rings. The van der Waals surface area contributed by atoms with Crippen LogP contribution in [0.15, 0.2) is 48.3 Å². The minimum Gasteiger partial charge on any atom is -0.525 e. The Balaban J connectivity index is 1.79. The first-order valence-electron chi connectivity index (χ1n) is 11.6. The normalized spacial score (nSPS) is 14.3. The highest BCUT2D eigenvalue weighted by Crippen LogP contribution is 2.48. The smallest absolute Gasteiger partial charge is 0.525 e. The summed E-state index contributed by atoms with van der Waals surface area (Å²) in [6, 6.07) is 7.25. The van der Waals surface area contributed by atoms with E-state index in [1.165, 1.54) is 18.2 Å². The van der Waals surface area contributed by atoms with Crippen molar-refractivity contribution in [1.82, 2.24) is 0 Å². The summed E-state index contributed by atoms with van der Waals surface area (Å²) in [6.45, 7) is 0. The SMILES string of the molecule is FC1=C(F)C(B(Oc2ccccc2)Oc2c(F)c(F)c(F)c(F)c2-c2c(F)c(F)c(F)c(F)c2F)c2ccc(F)c(F)c21. The standard InChI is InChI=1S/C27H8BF13O2/c29-10-7-6-9-11(15(10)30)16(31)20(35)14(9)28(42-8-4-2-1-3-5-8)43-27-13(19(34)23(38)25(40)26(27)41)12-17(32)21(36)24(39)22(37)18(12)33/h1-7,14H. The summed E-state index contributed by atoms with van der Waals surface area (Å²) in [5.41, 5.74) is -6.62. The second-order valence-corrected chi connectivity index (χ2v) is 8.79. The average Bonchev–Trinajstić information content (AvgIpc) is 3.25. The van der Waals surface area contributed by atoms with Crippen molar-refractivity contribution >= 4 is 12.9 Å². The van der Waals surface area contributed by atoms with Gasteiger partial charge in [0.1, 0.15) is 17.4 Å². The van der Waals surface area contributed by atoms with Crippen molar-refractivity contribution in [2.24, 2.45) is 0 Å². The lowest BCUT2D eigenvalue weighted by molar-refractivity contribution is 0.355. The molecule has 5 rings (SSSR count). The fourth-order valence-corrected chi connectivity index (χ4v) is 4.39. The molecule has 0 spiro atoms. The van der Waals surface area contributed by atoms with Gasteiger partial charge in [0.15, 0.2) is 58.1 Å². The van der Waals surface area contributed by atoms with Crippen LogP contribution in [0.2, 0.25) is 0 Å². The number of allylic oxidation sites excluding steroid dienone is 1. The van der Waals surface area contributed by atoms with Crippen LogP contribution in [0.3, 0.4) is 0 Å². The fourth-order valence-electron chi connectivity index (χ4n) is 4.39. The van der Waals surface area contributed by atoms with E-state index < -0.39 is 117 Å². The quantitative estimate of drug-likeness (QED) is 0.0927. The second-order valence-electron chi connectivity index (χ2n) is 8.79. The van der Waals surface area contributed by atoms with E-state index in [2.05, 4.69) is 0 Å². The average molecular weight is 622 g/mol. The molecule has 0 aliphatic heterocycles.